The fourth-order valence-electron chi connectivity index (χ4n) is 3.16. The molecule has 0 N–H and O–H groups in total. The highest BCUT2D eigenvalue weighted by molar-refractivity contribution is 6.03. The van der Waals surface area contributed by atoms with Crippen LogP contribution >= 0.6 is 0 Å². The van der Waals surface area contributed by atoms with Crippen LogP contribution in [0.15, 0.2) is 97.2 Å². The highest BCUT2D eigenvalue weighted by atomic mass is 16.1. The first-order chi connectivity index (χ1) is 12.3. The lowest BCUT2D eigenvalue weighted by molar-refractivity contribution is 0.0974. The molecule has 25 heavy (non-hydrogen) atoms. The number of hydrogen-bond acceptors (Lipinski definition) is 2. The van der Waals surface area contributed by atoms with Crippen LogP contribution in [0.3, 0.4) is 0 Å². The van der Waals surface area contributed by atoms with E-state index >= 15 is 0 Å². The van der Waals surface area contributed by atoms with Gasteiger partial charge in [0.25, 0.3) is 0 Å². The van der Waals surface area contributed by atoms with Gasteiger partial charge >= 0.3 is 0 Å². The lowest BCUT2D eigenvalue weighted by Crippen LogP contribution is -2.14. The van der Waals surface area contributed by atoms with Crippen molar-refractivity contribution in [1.82, 2.24) is 4.98 Å². The van der Waals surface area contributed by atoms with Gasteiger partial charge in [-0.3, -0.25) is 9.78 Å². The quantitative estimate of drug-likeness (QED) is 0.480. The highest BCUT2D eigenvalue weighted by Gasteiger charge is 2.24. The zero-order valence-electron chi connectivity index (χ0n) is 13.7. The van der Waals surface area contributed by atoms with Crippen molar-refractivity contribution < 1.29 is 4.79 Å². The average molecular weight is 323 g/mol. The Morgan fingerprint density at radius 3 is 2.12 bits per heavy atom. The molecule has 2 nitrogen and oxygen atoms in total. The van der Waals surface area contributed by atoms with E-state index in [9.17, 15) is 4.79 Å². The van der Waals surface area contributed by atoms with Crippen LogP contribution in [0.4, 0.5) is 0 Å². The molecule has 0 aliphatic rings. The maximum atomic E-state index is 13.3. The number of fused-ring (bicyclic) bond motifs is 1. The molecule has 0 fully saturated rings. The summed E-state index contributed by atoms with van der Waals surface area (Å²) in [6.45, 7) is 0. The summed E-state index contributed by atoms with van der Waals surface area (Å²) < 4.78 is 0. The van der Waals surface area contributed by atoms with Gasteiger partial charge in [0.05, 0.1) is 11.4 Å². The standard InChI is InChI=1S/C23H17NO/c25-23(18-11-5-2-6-12-18)22(17-9-3-1-4-10-17)20-15-19-13-7-8-14-21(19)24-16-20/h1-16,22H. The van der Waals surface area contributed by atoms with E-state index in [1.54, 1.807) is 0 Å². The van der Waals surface area contributed by atoms with Crippen LogP contribution < -0.4 is 0 Å². The number of hydrogen-bond donors (Lipinski definition) is 0. The molecule has 120 valence electrons. The topological polar surface area (TPSA) is 30.0 Å². The third-order valence-corrected chi connectivity index (χ3v) is 4.40. The largest absolute Gasteiger partial charge is 0.293 e. The summed E-state index contributed by atoms with van der Waals surface area (Å²) in [5.41, 5.74) is 3.54. The van der Waals surface area contributed by atoms with Gasteiger partial charge in [0.2, 0.25) is 0 Å². The van der Waals surface area contributed by atoms with Crippen molar-refractivity contribution in [3.63, 3.8) is 0 Å². The van der Waals surface area contributed by atoms with Gasteiger partial charge in [-0.1, -0.05) is 78.9 Å². The van der Waals surface area contributed by atoms with Crippen molar-refractivity contribution in [1.29, 1.82) is 0 Å². The van der Waals surface area contributed by atoms with Crippen molar-refractivity contribution in [2.24, 2.45) is 0 Å². The van der Waals surface area contributed by atoms with Gasteiger partial charge in [0.1, 0.15) is 0 Å². The molecule has 1 heterocycles. The summed E-state index contributed by atoms with van der Waals surface area (Å²) in [4.78, 5) is 17.8. The van der Waals surface area contributed by atoms with E-state index in [4.69, 9.17) is 0 Å². The van der Waals surface area contributed by atoms with Crippen molar-refractivity contribution >= 4 is 16.7 Å². The summed E-state index contributed by atoms with van der Waals surface area (Å²) in [5.74, 6) is -0.274. The smallest absolute Gasteiger partial charge is 0.174 e. The number of aromatic nitrogens is 1. The molecule has 0 radical (unpaired) electrons. The van der Waals surface area contributed by atoms with Gasteiger partial charge in [-0.05, 0) is 23.3 Å². The zero-order chi connectivity index (χ0) is 17.1. The molecular formula is C23H17NO. The number of rotatable bonds is 4. The molecule has 4 rings (SSSR count). The minimum atomic E-state index is -0.360. The van der Waals surface area contributed by atoms with Gasteiger partial charge in [-0.2, -0.15) is 0 Å². The Bertz CT molecular complexity index is 1010. The van der Waals surface area contributed by atoms with Crippen molar-refractivity contribution in [3.05, 3.63) is 114 Å². The number of carbonyl (C=O) groups is 1. The van der Waals surface area contributed by atoms with E-state index in [1.807, 2.05) is 91.1 Å². The molecule has 0 aliphatic carbocycles. The van der Waals surface area contributed by atoms with Crippen LogP contribution in [0.2, 0.25) is 0 Å². The number of para-hydroxylation sites is 1. The van der Waals surface area contributed by atoms with E-state index in [1.165, 1.54) is 0 Å². The zero-order valence-corrected chi connectivity index (χ0v) is 13.7. The first-order valence-electron chi connectivity index (χ1n) is 8.32. The van der Waals surface area contributed by atoms with Crippen LogP contribution in [0, 0.1) is 0 Å². The second kappa shape index (κ2) is 6.70. The molecule has 2 heteroatoms. The average Bonchev–Trinajstić information content (AvgIpc) is 2.69. The molecule has 1 unspecified atom stereocenters. The molecule has 0 spiro atoms. The van der Waals surface area contributed by atoms with E-state index in [0.717, 1.165) is 22.0 Å². The fraction of sp³-hybridized carbons (Fsp3) is 0.0435. The Labute approximate surface area is 146 Å². The maximum Gasteiger partial charge on any atom is 0.174 e. The van der Waals surface area contributed by atoms with Gasteiger partial charge < -0.3 is 0 Å². The molecule has 1 atom stereocenters. The summed E-state index contributed by atoms with van der Waals surface area (Å²) in [6, 6.07) is 29.4. The first kappa shape index (κ1) is 15.3. The molecular weight excluding hydrogens is 306 g/mol. The van der Waals surface area contributed by atoms with Crippen molar-refractivity contribution in [2.45, 2.75) is 5.92 Å². The Hall–Kier alpha value is -3.26. The number of nitrogens with zero attached hydrogens (tertiary/aromatic N) is 1. The number of ketones is 1. The second-order valence-electron chi connectivity index (χ2n) is 6.04. The molecule has 0 saturated carbocycles. The Morgan fingerprint density at radius 2 is 1.36 bits per heavy atom. The summed E-state index contributed by atoms with van der Waals surface area (Å²) in [6.07, 6.45) is 1.82. The first-order valence-corrected chi connectivity index (χ1v) is 8.32. The highest BCUT2D eigenvalue weighted by Crippen LogP contribution is 2.29. The number of Topliss-reactive ketones (excluding diaryl/α,β-unsaturated/α-hetero) is 1. The van der Waals surface area contributed by atoms with Crippen molar-refractivity contribution in [2.75, 3.05) is 0 Å². The number of carbonyl (C=O) groups excluding carboxylic acids is 1. The van der Waals surface area contributed by atoms with Crippen LogP contribution in [-0.4, -0.2) is 10.8 Å². The van der Waals surface area contributed by atoms with Crippen LogP contribution in [0.1, 0.15) is 27.4 Å². The van der Waals surface area contributed by atoms with Crippen LogP contribution in [0.25, 0.3) is 10.9 Å². The lowest BCUT2D eigenvalue weighted by atomic mass is 9.85. The van der Waals surface area contributed by atoms with Crippen molar-refractivity contribution in [3.8, 4) is 0 Å². The molecule has 0 amide bonds. The summed E-state index contributed by atoms with van der Waals surface area (Å²) >= 11 is 0. The van der Waals surface area contributed by atoms with E-state index in [0.29, 0.717) is 5.56 Å². The predicted molar refractivity (Wildman–Crippen MR) is 101 cm³/mol. The second-order valence-corrected chi connectivity index (χ2v) is 6.04. The molecule has 3 aromatic carbocycles. The van der Waals surface area contributed by atoms with Gasteiger partial charge in [-0.25, -0.2) is 0 Å². The number of pyridine rings is 1. The van der Waals surface area contributed by atoms with Crippen LogP contribution in [0.5, 0.6) is 0 Å². The minimum Gasteiger partial charge on any atom is -0.293 e. The Balaban J connectivity index is 1.86. The van der Waals surface area contributed by atoms with E-state index in [-0.39, 0.29) is 11.7 Å². The predicted octanol–water partition coefficient (Wildman–Crippen LogP) is 5.25. The van der Waals surface area contributed by atoms with Gasteiger partial charge in [0.15, 0.2) is 5.78 Å². The normalized spacial score (nSPS) is 12.0. The monoisotopic (exact) mass is 323 g/mol. The summed E-state index contributed by atoms with van der Waals surface area (Å²) in [7, 11) is 0. The Kier molecular flexibility index (Phi) is 4.09. The minimum absolute atomic E-state index is 0.0869. The van der Waals surface area contributed by atoms with Gasteiger partial charge in [-0.15, -0.1) is 0 Å². The molecule has 0 saturated heterocycles. The van der Waals surface area contributed by atoms with Crippen LogP contribution in [-0.2, 0) is 0 Å². The Morgan fingerprint density at radius 1 is 0.720 bits per heavy atom. The SMILES string of the molecule is O=C(c1ccccc1)C(c1ccccc1)c1cnc2ccccc2c1. The molecule has 1 aromatic heterocycles. The van der Waals surface area contributed by atoms with Gasteiger partial charge in [0, 0.05) is 17.1 Å². The molecule has 0 aliphatic heterocycles. The third kappa shape index (κ3) is 3.07. The van der Waals surface area contributed by atoms with E-state index < -0.39 is 0 Å². The molecule has 0 bridgehead atoms. The van der Waals surface area contributed by atoms with E-state index in [2.05, 4.69) is 11.1 Å². The third-order valence-electron chi connectivity index (χ3n) is 4.40. The summed E-state index contributed by atoms with van der Waals surface area (Å²) in [5, 5.41) is 1.04. The molecule has 4 aromatic rings. The maximum absolute atomic E-state index is 13.3. The number of benzene rings is 3. The lowest BCUT2D eigenvalue weighted by Gasteiger charge is -2.17. The fourth-order valence-corrected chi connectivity index (χ4v) is 3.16.